The van der Waals surface area contributed by atoms with Crippen molar-refractivity contribution >= 4 is 0 Å². The number of nitriles is 2. The first-order chi connectivity index (χ1) is 10.4. The Morgan fingerprint density at radius 2 is 1.73 bits per heavy atom. The molecule has 1 heterocycles. The lowest BCUT2D eigenvalue weighted by Gasteiger charge is -2.38. The van der Waals surface area contributed by atoms with Crippen molar-refractivity contribution in [3.05, 3.63) is 22.6 Å². The lowest BCUT2D eigenvalue weighted by molar-refractivity contribution is -0.0767. The molecule has 0 bridgehead atoms. The summed E-state index contributed by atoms with van der Waals surface area (Å²) < 4.78 is 0. The molecule has 0 aromatic rings. The predicted octanol–water partition coefficient (Wildman–Crippen LogP) is 2.95. The Balaban J connectivity index is 2.59. The van der Waals surface area contributed by atoms with Gasteiger partial charge in [-0.2, -0.15) is 15.6 Å². The molecule has 2 aliphatic rings. The Morgan fingerprint density at radius 3 is 2.23 bits per heavy atom. The number of rotatable bonds is 3. The highest BCUT2D eigenvalue weighted by molar-refractivity contribution is 5.50. The van der Waals surface area contributed by atoms with Gasteiger partial charge in [0.2, 0.25) is 0 Å². The van der Waals surface area contributed by atoms with E-state index in [1.54, 1.807) is 5.06 Å². The minimum absolute atomic E-state index is 0.0192. The number of hydrogen-bond acceptors (Lipinski definition) is 5. The maximum Gasteiger partial charge on any atom is 0.171 e. The Labute approximate surface area is 133 Å². The van der Waals surface area contributed by atoms with Crippen LogP contribution in [0.2, 0.25) is 0 Å². The summed E-state index contributed by atoms with van der Waals surface area (Å²) in [5, 5.41) is 20.3. The van der Waals surface area contributed by atoms with E-state index in [2.05, 4.69) is 18.7 Å². The van der Waals surface area contributed by atoms with Crippen molar-refractivity contribution in [2.24, 2.45) is 5.41 Å². The molecule has 0 spiro atoms. The summed E-state index contributed by atoms with van der Waals surface area (Å²) in [6.45, 7) is 6.41. The smallest absolute Gasteiger partial charge is 0.171 e. The van der Waals surface area contributed by atoms with E-state index in [0.29, 0.717) is 12.2 Å². The molecule has 1 aliphatic carbocycles. The van der Waals surface area contributed by atoms with Crippen LogP contribution in [0.25, 0.3) is 0 Å². The van der Waals surface area contributed by atoms with Crippen molar-refractivity contribution in [1.29, 1.82) is 10.5 Å². The minimum Gasteiger partial charge on any atom is -0.404 e. The third kappa shape index (κ3) is 3.43. The summed E-state index contributed by atoms with van der Waals surface area (Å²) in [7, 11) is 3.65. The third-order valence-corrected chi connectivity index (χ3v) is 4.12. The molecular weight excluding hydrogens is 276 g/mol. The zero-order valence-corrected chi connectivity index (χ0v) is 13.9. The zero-order chi connectivity index (χ0) is 16.3. The molecule has 1 fully saturated rings. The molecule has 5 nitrogen and oxygen atoms in total. The van der Waals surface area contributed by atoms with Crippen molar-refractivity contribution in [1.82, 2.24) is 9.96 Å². The van der Waals surface area contributed by atoms with Gasteiger partial charge >= 0.3 is 0 Å². The summed E-state index contributed by atoms with van der Waals surface area (Å²) in [4.78, 5) is 8.27. The molecule has 118 valence electrons. The zero-order valence-electron chi connectivity index (χ0n) is 13.9. The van der Waals surface area contributed by atoms with E-state index in [1.807, 2.05) is 26.2 Å². The first-order valence-corrected chi connectivity index (χ1v) is 7.75. The Kier molecular flexibility index (Phi) is 4.78. The molecule has 0 saturated carbocycles. The van der Waals surface area contributed by atoms with Crippen molar-refractivity contribution in [2.45, 2.75) is 39.5 Å². The molecule has 2 rings (SSSR count). The van der Waals surface area contributed by atoms with E-state index in [1.165, 1.54) is 12.8 Å². The van der Waals surface area contributed by atoms with Crippen LogP contribution in [-0.4, -0.2) is 37.1 Å². The summed E-state index contributed by atoms with van der Waals surface area (Å²) >= 11 is 0. The van der Waals surface area contributed by atoms with E-state index in [9.17, 15) is 10.5 Å². The van der Waals surface area contributed by atoms with Gasteiger partial charge in [-0.25, -0.2) is 0 Å². The van der Waals surface area contributed by atoms with Crippen LogP contribution in [0.5, 0.6) is 0 Å². The van der Waals surface area contributed by atoms with Gasteiger partial charge in [0.05, 0.1) is 5.70 Å². The number of hydroxylamine groups is 2. The van der Waals surface area contributed by atoms with Crippen molar-refractivity contribution in [2.75, 3.05) is 27.2 Å². The highest BCUT2D eigenvalue weighted by Crippen LogP contribution is 2.45. The number of nitrogens with zero attached hydrogens (tertiary/aromatic N) is 4. The van der Waals surface area contributed by atoms with Gasteiger partial charge in [0.15, 0.2) is 5.76 Å². The second-order valence-corrected chi connectivity index (χ2v) is 6.97. The van der Waals surface area contributed by atoms with Gasteiger partial charge < -0.3 is 9.74 Å². The van der Waals surface area contributed by atoms with E-state index >= 15 is 0 Å². The largest absolute Gasteiger partial charge is 0.404 e. The highest BCUT2D eigenvalue weighted by atomic mass is 16.7. The average Bonchev–Trinajstić information content (AvgIpc) is 2.95. The van der Waals surface area contributed by atoms with Gasteiger partial charge in [0, 0.05) is 32.8 Å². The van der Waals surface area contributed by atoms with Crippen LogP contribution in [0.3, 0.4) is 0 Å². The van der Waals surface area contributed by atoms with Crippen LogP contribution in [-0.2, 0) is 4.84 Å². The van der Waals surface area contributed by atoms with Crippen molar-refractivity contribution in [3.63, 3.8) is 0 Å². The van der Waals surface area contributed by atoms with E-state index < -0.39 is 0 Å². The molecule has 1 aliphatic heterocycles. The average molecular weight is 300 g/mol. The van der Waals surface area contributed by atoms with E-state index in [0.717, 1.165) is 30.8 Å². The summed E-state index contributed by atoms with van der Waals surface area (Å²) in [5.41, 5.74) is 2.07. The molecule has 0 atom stereocenters. The Morgan fingerprint density at radius 1 is 1.14 bits per heavy atom. The molecule has 22 heavy (non-hydrogen) atoms. The second kappa shape index (κ2) is 6.42. The fourth-order valence-corrected chi connectivity index (χ4v) is 3.22. The number of hydrogen-bond donors (Lipinski definition) is 0. The van der Waals surface area contributed by atoms with Gasteiger partial charge in [-0.15, -0.1) is 0 Å². The van der Waals surface area contributed by atoms with Gasteiger partial charge in [0.25, 0.3) is 0 Å². The molecule has 0 N–H and O–H groups in total. The Hall–Kier alpha value is -1.98. The van der Waals surface area contributed by atoms with Crippen LogP contribution in [0.1, 0.15) is 39.5 Å². The summed E-state index contributed by atoms with van der Waals surface area (Å²) in [6, 6.07) is 4.08. The fourth-order valence-electron chi connectivity index (χ4n) is 3.22. The Bertz CT molecular complexity index is 565. The molecule has 0 amide bonds. The summed E-state index contributed by atoms with van der Waals surface area (Å²) in [5.74, 6) is 0.712. The maximum absolute atomic E-state index is 9.32. The lowest BCUT2D eigenvalue weighted by Crippen LogP contribution is -2.32. The molecule has 0 radical (unpaired) electrons. The van der Waals surface area contributed by atoms with Gasteiger partial charge in [-0.1, -0.05) is 13.8 Å². The van der Waals surface area contributed by atoms with Crippen LogP contribution in [0.4, 0.5) is 0 Å². The van der Waals surface area contributed by atoms with Crippen molar-refractivity contribution < 1.29 is 4.84 Å². The maximum atomic E-state index is 9.32. The van der Waals surface area contributed by atoms with Gasteiger partial charge in [0.1, 0.15) is 17.7 Å². The quantitative estimate of drug-likeness (QED) is 0.592. The topological polar surface area (TPSA) is 63.3 Å². The number of allylic oxidation sites excluding steroid dienone is 3. The van der Waals surface area contributed by atoms with Crippen LogP contribution >= 0.6 is 0 Å². The summed E-state index contributed by atoms with van der Waals surface area (Å²) in [6.07, 6.45) is 3.96. The van der Waals surface area contributed by atoms with Crippen molar-refractivity contribution in [3.8, 4) is 12.1 Å². The molecule has 0 aromatic carbocycles. The molecule has 0 aromatic heterocycles. The highest BCUT2D eigenvalue weighted by Gasteiger charge is 2.37. The minimum atomic E-state index is 0.0192. The predicted molar refractivity (Wildman–Crippen MR) is 83.9 cm³/mol. The molecule has 0 unspecified atom stereocenters. The normalized spacial score (nSPS) is 20.9. The monoisotopic (exact) mass is 300 g/mol. The van der Waals surface area contributed by atoms with Gasteiger partial charge in [-0.3, -0.25) is 0 Å². The molecule has 5 heteroatoms. The van der Waals surface area contributed by atoms with Crippen LogP contribution in [0.15, 0.2) is 22.6 Å². The lowest BCUT2D eigenvalue weighted by atomic mass is 9.75. The molecular formula is C17H24N4O. The standard InChI is InChI=1S/C17H24N4O/c1-17(2)9-14(13(11-18)12-19)16(22-20(3)4)15(10-17)21-7-5-6-8-21/h5-10H2,1-4H3. The van der Waals surface area contributed by atoms with Gasteiger partial charge in [-0.05, 0) is 31.1 Å². The first kappa shape index (κ1) is 16.4. The fraction of sp³-hybridized carbons (Fsp3) is 0.647. The van der Waals surface area contributed by atoms with Crippen LogP contribution < -0.4 is 0 Å². The third-order valence-electron chi connectivity index (χ3n) is 4.12. The number of likely N-dealkylation sites (tertiary alicyclic amines) is 1. The van der Waals surface area contributed by atoms with Crippen LogP contribution in [0, 0.1) is 28.1 Å². The SMILES string of the molecule is CN(C)OC1=C(N2CCCC2)CC(C)(C)CC1=C(C#N)C#N. The molecule has 1 saturated heterocycles. The first-order valence-electron chi connectivity index (χ1n) is 7.75. The second-order valence-electron chi connectivity index (χ2n) is 6.97. The van der Waals surface area contributed by atoms with E-state index in [4.69, 9.17) is 4.84 Å². The van der Waals surface area contributed by atoms with E-state index in [-0.39, 0.29) is 11.0 Å².